The standard InChI is InChI=1S/C30H28N2O4S2.3C2H6/c1-2-3-21-4-8-23(9-5-21)24-10-6-22(7-11-24)20-32-28-17-15-26(30(19-28)38(35)36)13-12-25-14-16-27(31)18-29(25)37(33)34;3*1-2/h4-20H,2-3,31H2,1H3,(H,33,34)(H,35,36);3*1-2H3/b13-12+,32-20?;;;. The number of nitrogens with zero attached hydrogens (tertiary/aromatic N) is 1. The molecule has 0 bridgehead atoms. The van der Waals surface area contributed by atoms with E-state index in [4.69, 9.17) is 5.73 Å². The van der Waals surface area contributed by atoms with Crippen LogP contribution in [0.2, 0.25) is 0 Å². The molecule has 2 unspecified atom stereocenters. The van der Waals surface area contributed by atoms with Gasteiger partial charge in [-0.2, -0.15) is 0 Å². The molecular weight excluding hydrogens is 589 g/mol. The molecular formula is C36H46N2O4S2. The SMILES string of the molecule is CC.CC.CC.CCCc1ccc(-c2ccc(C=Nc3ccc(/C=C/c4ccc(N)cc4S(=O)O)c(S(=O)O)c3)cc2)cc1. The molecule has 4 rings (SSSR count). The van der Waals surface area contributed by atoms with E-state index in [9.17, 15) is 17.5 Å². The van der Waals surface area contributed by atoms with Crippen molar-refractivity contribution in [3.8, 4) is 11.1 Å². The average Bonchev–Trinajstić information content (AvgIpc) is 3.07. The third-order valence-corrected chi connectivity index (χ3v) is 7.41. The first-order valence-corrected chi connectivity index (χ1v) is 17.2. The average molecular weight is 635 g/mol. The molecule has 0 saturated heterocycles. The molecule has 8 heteroatoms. The molecule has 6 nitrogen and oxygen atoms in total. The van der Waals surface area contributed by atoms with Crippen molar-refractivity contribution in [2.24, 2.45) is 4.99 Å². The molecule has 236 valence electrons. The summed E-state index contributed by atoms with van der Waals surface area (Å²) in [7, 11) is 0. The van der Waals surface area contributed by atoms with E-state index in [1.165, 1.54) is 11.6 Å². The topological polar surface area (TPSA) is 113 Å². The van der Waals surface area contributed by atoms with Crippen LogP contribution >= 0.6 is 0 Å². The van der Waals surface area contributed by atoms with Gasteiger partial charge in [-0.15, -0.1) is 0 Å². The summed E-state index contributed by atoms with van der Waals surface area (Å²) in [6.45, 7) is 14.2. The van der Waals surface area contributed by atoms with Crippen LogP contribution in [0.25, 0.3) is 23.3 Å². The molecule has 0 aliphatic rings. The molecule has 0 saturated carbocycles. The number of rotatable bonds is 9. The summed E-state index contributed by atoms with van der Waals surface area (Å²) in [6, 6.07) is 26.3. The number of hydrogen-bond acceptors (Lipinski definition) is 4. The molecule has 0 aliphatic heterocycles. The zero-order chi connectivity index (χ0) is 33.1. The lowest BCUT2D eigenvalue weighted by molar-refractivity contribution is 0.562. The quantitative estimate of drug-likeness (QED) is 0.0734. The lowest BCUT2D eigenvalue weighted by Gasteiger charge is -2.06. The summed E-state index contributed by atoms with van der Waals surface area (Å²) >= 11 is -4.48. The number of nitrogen functional groups attached to an aromatic ring is 1. The minimum absolute atomic E-state index is 0.161. The maximum absolute atomic E-state index is 12.0. The summed E-state index contributed by atoms with van der Waals surface area (Å²) in [6.07, 6.45) is 7.14. The van der Waals surface area contributed by atoms with Gasteiger partial charge >= 0.3 is 0 Å². The Morgan fingerprint density at radius 3 is 1.66 bits per heavy atom. The predicted molar refractivity (Wildman–Crippen MR) is 191 cm³/mol. The van der Waals surface area contributed by atoms with E-state index in [-0.39, 0.29) is 9.79 Å². The van der Waals surface area contributed by atoms with Crippen molar-refractivity contribution >= 4 is 51.9 Å². The summed E-state index contributed by atoms with van der Waals surface area (Å²) in [5, 5.41) is 0. The highest BCUT2D eigenvalue weighted by Crippen LogP contribution is 2.25. The lowest BCUT2D eigenvalue weighted by atomic mass is 10.0. The minimum atomic E-state index is -2.26. The van der Waals surface area contributed by atoms with Gasteiger partial charge in [-0.1, -0.05) is 128 Å². The van der Waals surface area contributed by atoms with Crippen molar-refractivity contribution in [2.45, 2.75) is 71.1 Å². The Morgan fingerprint density at radius 1 is 0.682 bits per heavy atom. The van der Waals surface area contributed by atoms with Gasteiger partial charge in [0.1, 0.15) is 0 Å². The van der Waals surface area contributed by atoms with Crippen LogP contribution in [0.15, 0.2) is 99.7 Å². The molecule has 4 aromatic carbocycles. The Morgan fingerprint density at radius 2 is 1.16 bits per heavy atom. The first-order chi connectivity index (χ1) is 21.3. The number of nitrogens with two attached hydrogens (primary N) is 1. The van der Waals surface area contributed by atoms with Crippen LogP contribution in [-0.4, -0.2) is 23.7 Å². The fourth-order valence-electron chi connectivity index (χ4n) is 3.97. The van der Waals surface area contributed by atoms with E-state index in [2.05, 4.69) is 36.2 Å². The second kappa shape index (κ2) is 21.1. The smallest absolute Gasteiger partial charge is 0.187 e. The van der Waals surface area contributed by atoms with Crippen molar-refractivity contribution < 1.29 is 17.5 Å². The molecule has 0 aliphatic carbocycles. The lowest BCUT2D eigenvalue weighted by Crippen LogP contribution is -1.95. The normalized spacial score (nSPS) is 11.8. The molecule has 0 fully saturated rings. The van der Waals surface area contributed by atoms with Gasteiger partial charge in [-0.3, -0.25) is 4.99 Å². The van der Waals surface area contributed by atoms with E-state index < -0.39 is 22.2 Å². The summed E-state index contributed by atoms with van der Waals surface area (Å²) in [5.41, 5.74) is 12.1. The van der Waals surface area contributed by atoms with Crippen LogP contribution in [0.3, 0.4) is 0 Å². The van der Waals surface area contributed by atoms with Crippen molar-refractivity contribution in [2.75, 3.05) is 5.73 Å². The molecule has 0 heterocycles. The van der Waals surface area contributed by atoms with Gasteiger partial charge in [0, 0.05) is 11.9 Å². The van der Waals surface area contributed by atoms with Gasteiger partial charge in [0.05, 0.1) is 15.5 Å². The number of aryl methyl sites for hydroxylation is 1. The number of benzene rings is 4. The number of aliphatic imine (C=N–C) groups is 1. The molecule has 0 spiro atoms. The Kier molecular flexibility index (Phi) is 18.4. The molecule has 4 N–H and O–H groups in total. The fourth-order valence-corrected chi connectivity index (χ4v) is 5.11. The molecule has 0 aromatic heterocycles. The van der Waals surface area contributed by atoms with Crippen LogP contribution in [0, 0.1) is 0 Å². The first-order valence-electron chi connectivity index (χ1n) is 15.0. The van der Waals surface area contributed by atoms with Crippen LogP contribution in [0.1, 0.15) is 77.1 Å². The largest absolute Gasteiger partial charge is 0.399 e. The predicted octanol–water partition coefficient (Wildman–Crippen LogP) is 10.0. The molecule has 44 heavy (non-hydrogen) atoms. The van der Waals surface area contributed by atoms with E-state index >= 15 is 0 Å². The van der Waals surface area contributed by atoms with E-state index in [1.54, 1.807) is 48.7 Å². The highest BCUT2D eigenvalue weighted by molar-refractivity contribution is 7.79. The summed E-state index contributed by atoms with van der Waals surface area (Å²) in [5.74, 6) is 0. The third-order valence-electron chi connectivity index (χ3n) is 5.95. The van der Waals surface area contributed by atoms with Gasteiger partial charge in [-0.05, 0) is 64.1 Å². The van der Waals surface area contributed by atoms with Gasteiger partial charge in [0.2, 0.25) is 0 Å². The van der Waals surface area contributed by atoms with Crippen LogP contribution < -0.4 is 5.73 Å². The van der Waals surface area contributed by atoms with Crippen LogP contribution in [0.4, 0.5) is 11.4 Å². The first kappa shape index (κ1) is 38.3. The molecule has 0 radical (unpaired) electrons. The van der Waals surface area contributed by atoms with Gasteiger partial charge in [-0.25, -0.2) is 8.42 Å². The molecule has 4 aromatic rings. The maximum Gasteiger partial charge on any atom is 0.187 e. The number of hydrogen-bond donors (Lipinski definition) is 3. The highest BCUT2D eigenvalue weighted by atomic mass is 32.2. The Hall–Kier alpha value is -3.69. The van der Waals surface area contributed by atoms with Crippen molar-refractivity contribution in [1.29, 1.82) is 0 Å². The Balaban J connectivity index is 0.00000152. The Bertz CT molecular complexity index is 1530. The van der Waals surface area contributed by atoms with Crippen molar-refractivity contribution in [3.63, 3.8) is 0 Å². The van der Waals surface area contributed by atoms with Gasteiger partial charge in [0.25, 0.3) is 0 Å². The monoisotopic (exact) mass is 634 g/mol. The zero-order valence-corrected chi connectivity index (χ0v) is 28.4. The van der Waals surface area contributed by atoms with Crippen molar-refractivity contribution in [1.82, 2.24) is 0 Å². The summed E-state index contributed by atoms with van der Waals surface area (Å²) < 4.78 is 43.1. The molecule has 0 amide bonds. The highest BCUT2D eigenvalue weighted by Gasteiger charge is 2.10. The third kappa shape index (κ3) is 11.8. The fraction of sp³-hybridized carbons (Fsp3) is 0.250. The second-order valence-electron chi connectivity index (χ2n) is 8.68. The van der Waals surface area contributed by atoms with Crippen molar-refractivity contribution in [3.05, 3.63) is 107 Å². The summed E-state index contributed by atoms with van der Waals surface area (Å²) in [4.78, 5) is 4.82. The van der Waals surface area contributed by atoms with E-state index in [0.717, 1.165) is 29.5 Å². The Labute approximate surface area is 268 Å². The second-order valence-corrected chi connectivity index (χ2v) is 10.6. The number of anilines is 1. The van der Waals surface area contributed by atoms with E-state index in [0.29, 0.717) is 22.5 Å². The van der Waals surface area contributed by atoms with Gasteiger partial charge in [0.15, 0.2) is 22.2 Å². The minimum Gasteiger partial charge on any atom is -0.399 e. The molecule has 2 atom stereocenters. The van der Waals surface area contributed by atoms with Crippen LogP contribution in [0.5, 0.6) is 0 Å². The van der Waals surface area contributed by atoms with E-state index in [1.807, 2.05) is 65.8 Å². The zero-order valence-electron chi connectivity index (χ0n) is 26.8. The van der Waals surface area contributed by atoms with Crippen LogP contribution in [-0.2, 0) is 28.6 Å². The van der Waals surface area contributed by atoms with Gasteiger partial charge < -0.3 is 14.8 Å². The maximum atomic E-state index is 12.0.